The first-order valence-corrected chi connectivity index (χ1v) is 5.18. The normalized spacial score (nSPS) is 12.5. The van der Waals surface area contributed by atoms with Gasteiger partial charge >= 0.3 is 0 Å². The van der Waals surface area contributed by atoms with Gasteiger partial charge in [-0.25, -0.2) is 0 Å². The second-order valence-electron chi connectivity index (χ2n) is 3.80. The Hall–Kier alpha value is -1.29. The number of rotatable bonds is 5. The van der Waals surface area contributed by atoms with E-state index in [1.807, 2.05) is 6.92 Å². The SMILES string of the molecule is Cc1ccc(C(=O)NCC(C)CCN)o1. The summed E-state index contributed by atoms with van der Waals surface area (Å²) in [5.41, 5.74) is 5.42. The predicted octanol–water partition coefficient (Wildman–Crippen LogP) is 1.30. The molecule has 84 valence electrons. The Kier molecular flexibility index (Phi) is 4.37. The highest BCUT2D eigenvalue weighted by Gasteiger charge is 2.10. The monoisotopic (exact) mass is 210 g/mol. The van der Waals surface area contributed by atoms with Crippen LogP contribution in [0.5, 0.6) is 0 Å². The number of hydrogen-bond donors (Lipinski definition) is 2. The molecule has 4 nitrogen and oxygen atoms in total. The molecule has 0 bridgehead atoms. The summed E-state index contributed by atoms with van der Waals surface area (Å²) in [4.78, 5) is 11.5. The molecule has 1 amide bonds. The zero-order valence-electron chi connectivity index (χ0n) is 9.25. The van der Waals surface area contributed by atoms with Crippen LogP contribution in [-0.2, 0) is 0 Å². The molecule has 0 radical (unpaired) electrons. The molecular weight excluding hydrogens is 192 g/mol. The third kappa shape index (κ3) is 3.75. The summed E-state index contributed by atoms with van der Waals surface area (Å²) in [7, 11) is 0. The Morgan fingerprint density at radius 3 is 2.87 bits per heavy atom. The van der Waals surface area contributed by atoms with Crippen molar-refractivity contribution in [3.63, 3.8) is 0 Å². The van der Waals surface area contributed by atoms with Crippen LogP contribution < -0.4 is 11.1 Å². The second kappa shape index (κ2) is 5.56. The van der Waals surface area contributed by atoms with Crippen LogP contribution in [0.25, 0.3) is 0 Å². The van der Waals surface area contributed by atoms with Gasteiger partial charge in [-0.2, -0.15) is 0 Å². The standard InChI is InChI=1S/C11H18N2O2/c1-8(5-6-12)7-13-11(14)10-4-3-9(2)15-10/h3-4,8H,5-7,12H2,1-2H3,(H,13,14). The minimum atomic E-state index is -0.160. The lowest BCUT2D eigenvalue weighted by Crippen LogP contribution is -2.28. The highest BCUT2D eigenvalue weighted by molar-refractivity contribution is 5.91. The molecule has 0 spiro atoms. The van der Waals surface area contributed by atoms with Crippen LogP contribution in [0.3, 0.4) is 0 Å². The molecule has 1 atom stereocenters. The number of carbonyl (C=O) groups excluding carboxylic acids is 1. The fraction of sp³-hybridized carbons (Fsp3) is 0.545. The Morgan fingerprint density at radius 2 is 2.33 bits per heavy atom. The van der Waals surface area contributed by atoms with Gasteiger partial charge in [-0.15, -0.1) is 0 Å². The van der Waals surface area contributed by atoms with Crippen LogP contribution in [0.1, 0.15) is 29.7 Å². The average Bonchev–Trinajstić information content (AvgIpc) is 2.62. The number of nitrogens with one attached hydrogen (secondary N) is 1. The fourth-order valence-electron chi connectivity index (χ4n) is 1.30. The van der Waals surface area contributed by atoms with Crippen LogP contribution in [0.2, 0.25) is 0 Å². The molecule has 1 rings (SSSR count). The first-order valence-electron chi connectivity index (χ1n) is 5.18. The molecule has 0 saturated heterocycles. The fourth-order valence-corrected chi connectivity index (χ4v) is 1.30. The van der Waals surface area contributed by atoms with Gasteiger partial charge in [-0.3, -0.25) is 4.79 Å². The first-order chi connectivity index (χ1) is 7.13. The van der Waals surface area contributed by atoms with Crippen LogP contribution >= 0.6 is 0 Å². The van der Waals surface area contributed by atoms with Crippen molar-refractivity contribution in [3.8, 4) is 0 Å². The average molecular weight is 210 g/mol. The van der Waals surface area contributed by atoms with Crippen molar-refractivity contribution in [2.75, 3.05) is 13.1 Å². The summed E-state index contributed by atoms with van der Waals surface area (Å²) in [5, 5.41) is 2.81. The van der Waals surface area contributed by atoms with Gasteiger partial charge in [0.2, 0.25) is 0 Å². The molecule has 1 aromatic heterocycles. The number of amides is 1. The molecule has 0 aliphatic rings. The van der Waals surface area contributed by atoms with E-state index in [0.717, 1.165) is 12.2 Å². The maximum absolute atomic E-state index is 11.5. The highest BCUT2D eigenvalue weighted by atomic mass is 16.3. The quantitative estimate of drug-likeness (QED) is 0.769. The molecule has 3 N–H and O–H groups in total. The zero-order chi connectivity index (χ0) is 11.3. The molecule has 1 unspecified atom stereocenters. The van der Waals surface area contributed by atoms with Gasteiger partial charge in [0.25, 0.3) is 5.91 Å². The van der Waals surface area contributed by atoms with Crippen molar-refractivity contribution in [1.29, 1.82) is 0 Å². The van der Waals surface area contributed by atoms with Crippen molar-refractivity contribution in [3.05, 3.63) is 23.7 Å². The lowest BCUT2D eigenvalue weighted by atomic mass is 10.1. The van der Waals surface area contributed by atoms with Gasteiger partial charge in [0.15, 0.2) is 5.76 Å². The summed E-state index contributed by atoms with van der Waals surface area (Å²) in [6.07, 6.45) is 0.914. The van der Waals surface area contributed by atoms with Crippen molar-refractivity contribution >= 4 is 5.91 Å². The Morgan fingerprint density at radius 1 is 1.60 bits per heavy atom. The van der Waals surface area contributed by atoms with Gasteiger partial charge in [0.05, 0.1) is 0 Å². The number of hydrogen-bond acceptors (Lipinski definition) is 3. The van der Waals surface area contributed by atoms with E-state index in [2.05, 4.69) is 12.2 Å². The molecule has 15 heavy (non-hydrogen) atoms. The van der Waals surface area contributed by atoms with Crippen LogP contribution in [-0.4, -0.2) is 19.0 Å². The Bertz CT molecular complexity index is 320. The van der Waals surface area contributed by atoms with E-state index >= 15 is 0 Å². The lowest BCUT2D eigenvalue weighted by Gasteiger charge is -2.10. The Labute approximate surface area is 89.8 Å². The van der Waals surface area contributed by atoms with Crippen LogP contribution in [0, 0.1) is 12.8 Å². The number of carbonyl (C=O) groups is 1. The van der Waals surface area contributed by atoms with E-state index in [4.69, 9.17) is 10.2 Å². The van der Waals surface area contributed by atoms with Gasteiger partial charge in [0.1, 0.15) is 5.76 Å². The smallest absolute Gasteiger partial charge is 0.287 e. The van der Waals surface area contributed by atoms with Crippen molar-refractivity contribution in [2.24, 2.45) is 11.7 Å². The van der Waals surface area contributed by atoms with Gasteiger partial charge in [0, 0.05) is 6.54 Å². The van der Waals surface area contributed by atoms with E-state index in [0.29, 0.717) is 24.8 Å². The van der Waals surface area contributed by atoms with E-state index < -0.39 is 0 Å². The molecule has 0 fully saturated rings. The molecule has 4 heteroatoms. The number of aryl methyl sites for hydroxylation is 1. The zero-order valence-corrected chi connectivity index (χ0v) is 9.25. The number of nitrogens with two attached hydrogens (primary N) is 1. The maximum atomic E-state index is 11.5. The molecule has 0 aliphatic carbocycles. The summed E-state index contributed by atoms with van der Waals surface area (Å²) < 4.78 is 5.20. The van der Waals surface area contributed by atoms with E-state index in [1.54, 1.807) is 12.1 Å². The largest absolute Gasteiger partial charge is 0.456 e. The second-order valence-corrected chi connectivity index (χ2v) is 3.80. The summed E-state index contributed by atoms with van der Waals surface area (Å²) in [6.45, 7) is 5.15. The molecule has 0 saturated carbocycles. The summed E-state index contributed by atoms with van der Waals surface area (Å²) in [6, 6.07) is 3.45. The third-order valence-corrected chi connectivity index (χ3v) is 2.23. The topological polar surface area (TPSA) is 68.3 Å². The van der Waals surface area contributed by atoms with Gasteiger partial charge in [-0.1, -0.05) is 6.92 Å². The minimum Gasteiger partial charge on any atom is -0.456 e. The molecule has 0 aliphatic heterocycles. The van der Waals surface area contributed by atoms with Crippen molar-refractivity contribution in [2.45, 2.75) is 20.3 Å². The number of furan rings is 1. The molecule has 1 heterocycles. The third-order valence-electron chi connectivity index (χ3n) is 2.23. The van der Waals surface area contributed by atoms with E-state index in [-0.39, 0.29) is 5.91 Å². The first kappa shape index (κ1) is 11.8. The Balaban J connectivity index is 2.36. The minimum absolute atomic E-state index is 0.160. The van der Waals surface area contributed by atoms with Crippen molar-refractivity contribution < 1.29 is 9.21 Å². The van der Waals surface area contributed by atoms with E-state index in [9.17, 15) is 4.79 Å². The summed E-state index contributed by atoms with van der Waals surface area (Å²) >= 11 is 0. The van der Waals surface area contributed by atoms with Gasteiger partial charge < -0.3 is 15.5 Å². The maximum Gasteiger partial charge on any atom is 0.287 e. The predicted molar refractivity (Wildman–Crippen MR) is 58.6 cm³/mol. The van der Waals surface area contributed by atoms with Crippen LogP contribution in [0.4, 0.5) is 0 Å². The summed E-state index contributed by atoms with van der Waals surface area (Å²) in [5.74, 6) is 1.35. The van der Waals surface area contributed by atoms with Crippen molar-refractivity contribution in [1.82, 2.24) is 5.32 Å². The van der Waals surface area contributed by atoms with E-state index in [1.165, 1.54) is 0 Å². The molecule has 1 aromatic rings. The van der Waals surface area contributed by atoms with Gasteiger partial charge in [-0.05, 0) is 37.9 Å². The molecule has 0 aromatic carbocycles. The highest BCUT2D eigenvalue weighted by Crippen LogP contribution is 2.06. The van der Waals surface area contributed by atoms with Crippen LogP contribution in [0.15, 0.2) is 16.5 Å². The lowest BCUT2D eigenvalue weighted by molar-refractivity contribution is 0.0918. The molecular formula is C11H18N2O2.